The molecule has 1 aromatic rings. The smallest absolute Gasteiger partial charge is 0.352 e. The SMILES string of the molecule is CC(=O)Nc1ccn(C2OC3CO[Si](C(C)C)(C(C)C)O[Si](C(C)C)(C(C)C)OC3C2=O)c(=O)n1. The minimum atomic E-state index is -2.99. The summed E-state index contributed by atoms with van der Waals surface area (Å²) in [6.45, 7) is 18.3. The molecule has 3 unspecified atom stereocenters. The number of Topliss-reactive ketones (excluding diaryl/α,β-unsaturated/α-hetero) is 1. The zero-order valence-electron chi connectivity index (χ0n) is 22.2. The molecular formula is C23H39N3O7Si2. The molecule has 0 saturated carbocycles. The zero-order chi connectivity index (χ0) is 26.3. The van der Waals surface area contributed by atoms with Crippen LogP contribution in [-0.2, 0) is 27.3 Å². The van der Waals surface area contributed by atoms with Gasteiger partial charge in [-0.3, -0.25) is 14.2 Å². The molecule has 196 valence electrons. The maximum Gasteiger partial charge on any atom is 0.352 e. The van der Waals surface area contributed by atoms with Crippen LogP contribution in [0.5, 0.6) is 0 Å². The summed E-state index contributed by atoms with van der Waals surface area (Å²) in [5.74, 6) is -0.600. The monoisotopic (exact) mass is 525 g/mol. The maximum absolute atomic E-state index is 13.6. The summed E-state index contributed by atoms with van der Waals surface area (Å²) >= 11 is 0. The van der Waals surface area contributed by atoms with Gasteiger partial charge in [0.15, 0.2) is 0 Å². The second kappa shape index (κ2) is 10.3. The molecule has 0 spiro atoms. The highest BCUT2D eigenvalue weighted by Gasteiger charge is 2.61. The van der Waals surface area contributed by atoms with E-state index >= 15 is 0 Å². The lowest BCUT2D eigenvalue weighted by Crippen LogP contribution is -2.65. The van der Waals surface area contributed by atoms with Crippen LogP contribution in [0.1, 0.15) is 68.5 Å². The maximum atomic E-state index is 13.6. The number of fused-ring (bicyclic) bond motifs is 1. The van der Waals surface area contributed by atoms with Gasteiger partial charge in [0.25, 0.3) is 0 Å². The summed E-state index contributed by atoms with van der Waals surface area (Å²) in [5, 5.41) is 2.47. The Morgan fingerprint density at radius 1 is 1.03 bits per heavy atom. The van der Waals surface area contributed by atoms with Gasteiger partial charge in [0, 0.05) is 13.1 Å². The molecule has 2 aliphatic rings. The molecule has 0 aliphatic carbocycles. The Kier molecular flexibility index (Phi) is 8.24. The van der Waals surface area contributed by atoms with Crippen molar-refractivity contribution in [3.8, 4) is 0 Å². The quantitative estimate of drug-likeness (QED) is 0.560. The molecule has 2 saturated heterocycles. The second-order valence-corrected chi connectivity index (χ2v) is 19.5. The number of hydrogen-bond acceptors (Lipinski definition) is 8. The van der Waals surface area contributed by atoms with Crippen molar-refractivity contribution in [1.82, 2.24) is 9.55 Å². The summed E-state index contributed by atoms with van der Waals surface area (Å²) in [6.07, 6.45) is -1.38. The largest absolute Gasteiger partial charge is 0.414 e. The predicted octanol–water partition coefficient (Wildman–Crippen LogP) is 3.62. The molecule has 35 heavy (non-hydrogen) atoms. The number of carbonyl (C=O) groups excluding carboxylic acids is 2. The Morgan fingerprint density at radius 3 is 2.09 bits per heavy atom. The van der Waals surface area contributed by atoms with Gasteiger partial charge in [-0.2, -0.15) is 4.98 Å². The number of anilines is 1. The predicted molar refractivity (Wildman–Crippen MR) is 136 cm³/mol. The van der Waals surface area contributed by atoms with E-state index < -0.39 is 41.2 Å². The Bertz CT molecular complexity index is 995. The standard InChI is InChI=1S/C23H39N3O7Si2/c1-13(2)34(14(3)4)30-12-18-21(32-35(33-34,15(5)6)16(7)8)20(28)22(31-18)26-11-10-19(24-17(9)27)25-23(26)29/h10-11,13-16,18,21-22H,12H2,1-9H3,(H,24,25,27,29). The Labute approximate surface area is 209 Å². The fraction of sp³-hybridized carbons (Fsp3) is 0.739. The Morgan fingerprint density at radius 2 is 1.60 bits per heavy atom. The minimum absolute atomic E-state index is 0.0578. The summed E-state index contributed by atoms with van der Waals surface area (Å²) in [7, 11) is -5.77. The molecule has 1 aromatic heterocycles. The van der Waals surface area contributed by atoms with E-state index in [0.29, 0.717) is 0 Å². The van der Waals surface area contributed by atoms with Gasteiger partial charge in [-0.15, -0.1) is 0 Å². The van der Waals surface area contributed by atoms with Crippen molar-refractivity contribution in [3.63, 3.8) is 0 Å². The van der Waals surface area contributed by atoms with Crippen molar-refractivity contribution < 1.29 is 27.3 Å². The third-order valence-electron chi connectivity index (χ3n) is 6.87. The highest BCUT2D eigenvalue weighted by molar-refractivity contribution is 6.84. The molecule has 1 N–H and O–H groups in total. The average Bonchev–Trinajstić information content (AvgIpc) is 3.01. The second-order valence-electron chi connectivity index (χ2n) is 10.6. The third kappa shape index (κ3) is 5.09. The molecule has 0 aromatic carbocycles. The first-order valence-electron chi connectivity index (χ1n) is 12.3. The van der Waals surface area contributed by atoms with Gasteiger partial charge >= 0.3 is 22.8 Å². The number of ether oxygens (including phenoxy) is 1. The van der Waals surface area contributed by atoms with Gasteiger partial charge in [0.05, 0.1) is 6.61 Å². The normalized spacial score (nSPS) is 26.2. The van der Waals surface area contributed by atoms with E-state index in [9.17, 15) is 14.4 Å². The number of ketones is 1. The van der Waals surface area contributed by atoms with E-state index in [-0.39, 0.29) is 46.3 Å². The number of nitrogens with one attached hydrogen (secondary N) is 1. The molecule has 3 heterocycles. The first kappa shape index (κ1) is 27.9. The molecule has 0 radical (unpaired) electrons. The van der Waals surface area contributed by atoms with E-state index in [4.69, 9.17) is 17.7 Å². The lowest BCUT2D eigenvalue weighted by Gasteiger charge is -2.50. The molecule has 2 aliphatic heterocycles. The first-order chi connectivity index (χ1) is 16.2. The molecule has 3 atom stereocenters. The molecule has 1 amide bonds. The van der Waals surface area contributed by atoms with Crippen molar-refractivity contribution in [1.29, 1.82) is 0 Å². The van der Waals surface area contributed by atoms with E-state index in [1.54, 1.807) is 0 Å². The highest BCUT2D eigenvalue weighted by Crippen LogP contribution is 2.47. The number of aromatic nitrogens is 2. The summed E-state index contributed by atoms with van der Waals surface area (Å²) < 4.78 is 27.8. The van der Waals surface area contributed by atoms with Gasteiger partial charge in [0.1, 0.15) is 18.0 Å². The van der Waals surface area contributed by atoms with Crippen LogP contribution >= 0.6 is 0 Å². The minimum Gasteiger partial charge on any atom is -0.414 e. The van der Waals surface area contributed by atoms with Crippen LogP contribution in [0.25, 0.3) is 0 Å². The van der Waals surface area contributed by atoms with Crippen molar-refractivity contribution in [2.75, 3.05) is 11.9 Å². The van der Waals surface area contributed by atoms with Crippen LogP contribution < -0.4 is 11.0 Å². The molecule has 12 heteroatoms. The first-order valence-corrected chi connectivity index (χ1v) is 16.3. The fourth-order valence-corrected chi connectivity index (χ4v) is 16.2. The van der Waals surface area contributed by atoms with Gasteiger partial charge in [-0.1, -0.05) is 55.4 Å². The van der Waals surface area contributed by atoms with Gasteiger partial charge < -0.3 is 23.0 Å². The van der Waals surface area contributed by atoms with Crippen molar-refractivity contribution >= 4 is 34.6 Å². The van der Waals surface area contributed by atoms with Crippen molar-refractivity contribution in [2.24, 2.45) is 0 Å². The summed E-state index contributed by atoms with van der Waals surface area (Å²) in [5.41, 5.74) is -0.267. The van der Waals surface area contributed by atoms with Crippen LogP contribution in [0, 0.1) is 0 Å². The molecular weight excluding hydrogens is 486 g/mol. The van der Waals surface area contributed by atoms with E-state index in [0.717, 1.165) is 4.57 Å². The van der Waals surface area contributed by atoms with Crippen molar-refractivity contribution in [2.45, 2.75) is 103 Å². The Hall–Kier alpha value is -1.71. The van der Waals surface area contributed by atoms with Gasteiger partial charge in [0.2, 0.25) is 17.9 Å². The van der Waals surface area contributed by atoms with Gasteiger partial charge in [-0.05, 0) is 28.2 Å². The van der Waals surface area contributed by atoms with Crippen LogP contribution in [0.3, 0.4) is 0 Å². The number of nitrogens with zero attached hydrogens (tertiary/aromatic N) is 2. The van der Waals surface area contributed by atoms with E-state index in [1.165, 1.54) is 19.2 Å². The molecule has 10 nitrogen and oxygen atoms in total. The molecule has 2 fully saturated rings. The lowest BCUT2D eigenvalue weighted by atomic mass is 10.1. The molecule has 3 rings (SSSR count). The van der Waals surface area contributed by atoms with Gasteiger partial charge in [-0.25, -0.2) is 4.79 Å². The van der Waals surface area contributed by atoms with E-state index in [2.05, 4.69) is 65.7 Å². The number of hydrogen-bond donors (Lipinski definition) is 1. The molecule has 0 bridgehead atoms. The summed E-state index contributed by atoms with van der Waals surface area (Å²) in [4.78, 5) is 41.5. The topological polar surface area (TPSA) is 118 Å². The van der Waals surface area contributed by atoms with Crippen LogP contribution in [0.2, 0.25) is 22.2 Å². The average molecular weight is 526 g/mol. The number of rotatable bonds is 6. The van der Waals surface area contributed by atoms with E-state index in [1.807, 2.05) is 0 Å². The third-order valence-corrected chi connectivity index (χ3v) is 17.1. The zero-order valence-corrected chi connectivity index (χ0v) is 24.2. The fourth-order valence-electron chi connectivity index (χ4n) is 5.06. The number of amides is 1. The van der Waals surface area contributed by atoms with Crippen LogP contribution in [0.15, 0.2) is 17.1 Å². The van der Waals surface area contributed by atoms with Crippen LogP contribution in [-0.4, -0.2) is 57.2 Å². The summed E-state index contributed by atoms with van der Waals surface area (Å²) in [6, 6.07) is 1.46. The van der Waals surface area contributed by atoms with Crippen LogP contribution in [0.4, 0.5) is 5.82 Å². The lowest BCUT2D eigenvalue weighted by molar-refractivity contribution is -0.130. The highest BCUT2D eigenvalue weighted by atomic mass is 28.5. The number of carbonyl (C=O) groups is 2. The van der Waals surface area contributed by atoms with Crippen molar-refractivity contribution in [3.05, 3.63) is 22.7 Å². The Balaban J connectivity index is 2.04.